The molecule has 3 aromatic rings. The van der Waals surface area contributed by atoms with Gasteiger partial charge in [-0.05, 0) is 39.0 Å². The number of alkyl carbamates (subject to hydrolysis) is 1. The summed E-state index contributed by atoms with van der Waals surface area (Å²) in [6, 6.07) is 8.32. The number of carbonyl (C=O) groups excluding carboxylic acids is 1. The van der Waals surface area contributed by atoms with Gasteiger partial charge in [0.15, 0.2) is 0 Å². The number of anilines is 1. The van der Waals surface area contributed by atoms with Crippen molar-refractivity contribution in [3.8, 4) is 11.3 Å². The third-order valence-electron chi connectivity index (χ3n) is 4.85. The van der Waals surface area contributed by atoms with Crippen LogP contribution in [0, 0.1) is 10.1 Å². The molecule has 0 aliphatic rings. The van der Waals surface area contributed by atoms with E-state index >= 15 is 0 Å². The van der Waals surface area contributed by atoms with Crippen molar-refractivity contribution < 1.29 is 14.5 Å². The molecule has 0 saturated heterocycles. The Morgan fingerprint density at radius 2 is 1.77 bits per heavy atom. The first-order chi connectivity index (χ1) is 16.7. The Hall–Kier alpha value is -3.77. The zero-order valence-electron chi connectivity index (χ0n) is 20.2. The number of carbonyl (C=O) groups is 1. The van der Waals surface area contributed by atoms with Gasteiger partial charge in [-0.1, -0.05) is 0 Å². The topological polar surface area (TPSA) is 159 Å². The number of ether oxygens (including phenoxy) is 1. The van der Waals surface area contributed by atoms with E-state index in [2.05, 4.69) is 36.4 Å². The van der Waals surface area contributed by atoms with Crippen molar-refractivity contribution in [3.63, 3.8) is 0 Å². The third-order valence-corrected chi connectivity index (χ3v) is 4.85. The molecule has 0 spiro atoms. The predicted molar refractivity (Wildman–Crippen MR) is 134 cm³/mol. The van der Waals surface area contributed by atoms with Crippen LogP contribution in [0.5, 0.6) is 0 Å². The highest BCUT2D eigenvalue weighted by Crippen LogP contribution is 2.29. The second-order valence-electron chi connectivity index (χ2n) is 8.84. The summed E-state index contributed by atoms with van der Waals surface area (Å²) in [6.45, 7) is 9.59. The number of amides is 1. The van der Waals surface area contributed by atoms with Crippen LogP contribution in [-0.4, -0.2) is 71.1 Å². The smallest absolute Gasteiger partial charge is 0.407 e. The number of fused-ring (bicyclic) bond motifs is 1. The number of H-pyrrole nitrogens is 1. The fraction of sp³-hybridized carbons (Fsp3) is 0.435. The second-order valence-corrected chi connectivity index (χ2v) is 8.84. The molecular formula is C23H32N8O4. The number of pyridine rings is 1. The summed E-state index contributed by atoms with van der Waals surface area (Å²) in [7, 11) is 0. The van der Waals surface area contributed by atoms with Crippen molar-refractivity contribution >= 4 is 28.5 Å². The molecule has 12 heteroatoms. The molecular weight excluding hydrogens is 452 g/mol. The molecule has 1 aromatic carbocycles. The van der Waals surface area contributed by atoms with E-state index in [1.807, 2.05) is 32.9 Å². The Morgan fingerprint density at radius 1 is 1.06 bits per heavy atom. The molecule has 35 heavy (non-hydrogen) atoms. The summed E-state index contributed by atoms with van der Waals surface area (Å²) < 4.78 is 5.17. The van der Waals surface area contributed by atoms with E-state index in [1.165, 1.54) is 12.1 Å². The van der Waals surface area contributed by atoms with Gasteiger partial charge >= 0.3 is 6.09 Å². The fourth-order valence-electron chi connectivity index (χ4n) is 3.28. The van der Waals surface area contributed by atoms with Gasteiger partial charge in [0.2, 0.25) is 0 Å². The standard InChI is InChI=1S/C23H32N8O4/c1-23(2,3)35-22(32)28-13-11-25-9-8-24-10-12-27-20-14-16(6-7-26-20)21-18-15-17(31(33)34)4-5-19(18)29-30-21/h4-7,14-15,24-25H,8-13H2,1-3H3,(H,26,27)(H,28,32)(H,29,30). The second kappa shape index (κ2) is 12.1. The Balaban J connectivity index is 1.36. The van der Waals surface area contributed by atoms with Crippen LogP contribution in [-0.2, 0) is 4.74 Å². The minimum atomic E-state index is -0.497. The quantitative estimate of drug-likeness (QED) is 0.148. The van der Waals surface area contributed by atoms with Gasteiger partial charge in [-0.15, -0.1) is 0 Å². The fourth-order valence-corrected chi connectivity index (χ4v) is 3.28. The van der Waals surface area contributed by atoms with Crippen LogP contribution in [0.3, 0.4) is 0 Å². The first-order valence-corrected chi connectivity index (χ1v) is 11.4. The summed E-state index contributed by atoms with van der Waals surface area (Å²) in [5.41, 5.74) is 1.71. The number of rotatable bonds is 12. The summed E-state index contributed by atoms with van der Waals surface area (Å²) in [5, 5.41) is 31.6. The van der Waals surface area contributed by atoms with Crippen molar-refractivity contribution in [1.29, 1.82) is 0 Å². The molecule has 0 aliphatic heterocycles. The highest BCUT2D eigenvalue weighted by atomic mass is 16.6. The van der Waals surface area contributed by atoms with Crippen LogP contribution in [0.4, 0.5) is 16.3 Å². The molecule has 1 amide bonds. The lowest BCUT2D eigenvalue weighted by Crippen LogP contribution is -2.38. The van der Waals surface area contributed by atoms with Gasteiger partial charge < -0.3 is 26.0 Å². The molecule has 5 N–H and O–H groups in total. The van der Waals surface area contributed by atoms with Crippen molar-refractivity contribution in [2.75, 3.05) is 44.6 Å². The minimum absolute atomic E-state index is 0.0208. The van der Waals surface area contributed by atoms with Crippen LogP contribution < -0.4 is 21.3 Å². The Labute approximate surface area is 203 Å². The lowest BCUT2D eigenvalue weighted by Gasteiger charge is -2.19. The SMILES string of the molecule is CC(C)(C)OC(=O)NCCNCCNCCNc1cc(-c2n[nH]c3ccc([N+](=O)[O-])cc23)ccn1. The lowest BCUT2D eigenvalue weighted by molar-refractivity contribution is -0.384. The average molecular weight is 485 g/mol. The van der Waals surface area contributed by atoms with E-state index < -0.39 is 16.6 Å². The number of nitro groups is 1. The summed E-state index contributed by atoms with van der Waals surface area (Å²) in [5.74, 6) is 0.692. The Morgan fingerprint density at radius 3 is 2.49 bits per heavy atom. The summed E-state index contributed by atoms with van der Waals surface area (Å²) in [4.78, 5) is 26.6. The van der Waals surface area contributed by atoms with Crippen molar-refractivity contribution in [2.24, 2.45) is 0 Å². The number of aromatic nitrogens is 3. The van der Waals surface area contributed by atoms with E-state index in [0.29, 0.717) is 36.5 Å². The molecule has 0 fully saturated rings. The van der Waals surface area contributed by atoms with Crippen LogP contribution in [0.15, 0.2) is 36.5 Å². The molecule has 188 valence electrons. The molecule has 0 atom stereocenters. The zero-order valence-corrected chi connectivity index (χ0v) is 20.2. The number of hydrogen-bond acceptors (Lipinski definition) is 9. The highest BCUT2D eigenvalue weighted by molar-refractivity contribution is 5.94. The molecule has 0 unspecified atom stereocenters. The zero-order chi connectivity index (χ0) is 25.3. The molecule has 2 heterocycles. The summed E-state index contributed by atoms with van der Waals surface area (Å²) in [6.07, 6.45) is 1.26. The van der Waals surface area contributed by atoms with E-state index in [4.69, 9.17) is 4.74 Å². The number of benzene rings is 1. The number of nitrogens with one attached hydrogen (secondary N) is 5. The molecule has 12 nitrogen and oxygen atoms in total. The van der Waals surface area contributed by atoms with Crippen molar-refractivity contribution in [1.82, 2.24) is 31.1 Å². The maximum atomic E-state index is 11.6. The van der Waals surface area contributed by atoms with Crippen LogP contribution in [0.25, 0.3) is 22.2 Å². The predicted octanol–water partition coefficient (Wildman–Crippen LogP) is 2.65. The first-order valence-electron chi connectivity index (χ1n) is 11.4. The molecule has 2 aromatic heterocycles. The molecule has 0 radical (unpaired) electrons. The van der Waals surface area contributed by atoms with Gasteiger partial charge in [-0.3, -0.25) is 15.2 Å². The molecule has 0 bridgehead atoms. The number of nitrogens with zero attached hydrogens (tertiary/aromatic N) is 3. The monoisotopic (exact) mass is 484 g/mol. The van der Waals surface area contributed by atoms with Crippen molar-refractivity contribution in [3.05, 3.63) is 46.6 Å². The Bertz CT molecular complexity index is 1140. The Kier molecular flexibility index (Phi) is 8.92. The van der Waals surface area contributed by atoms with E-state index in [1.54, 1.807) is 12.3 Å². The first kappa shape index (κ1) is 25.8. The molecule has 3 rings (SSSR count). The van der Waals surface area contributed by atoms with Crippen LogP contribution in [0.2, 0.25) is 0 Å². The van der Waals surface area contributed by atoms with Crippen molar-refractivity contribution in [2.45, 2.75) is 26.4 Å². The third kappa shape index (κ3) is 8.19. The van der Waals surface area contributed by atoms with E-state index in [-0.39, 0.29) is 5.69 Å². The number of hydrogen-bond donors (Lipinski definition) is 5. The maximum Gasteiger partial charge on any atom is 0.407 e. The van der Waals surface area contributed by atoms with Crippen LogP contribution >= 0.6 is 0 Å². The lowest BCUT2D eigenvalue weighted by atomic mass is 10.1. The number of aromatic amines is 1. The molecule has 0 aliphatic carbocycles. The van der Waals surface area contributed by atoms with Gasteiger partial charge in [0.05, 0.1) is 10.4 Å². The van der Waals surface area contributed by atoms with Gasteiger partial charge in [0.25, 0.3) is 5.69 Å². The van der Waals surface area contributed by atoms with Gasteiger partial charge in [0, 0.05) is 68.5 Å². The van der Waals surface area contributed by atoms with Crippen LogP contribution in [0.1, 0.15) is 20.8 Å². The summed E-state index contributed by atoms with van der Waals surface area (Å²) >= 11 is 0. The highest BCUT2D eigenvalue weighted by Gasteiger charge is 2.15. The largest absolute Gasteiger partial charge is 0.444 e. The number of nitro benzene ring substituents is 1. The molecule has 0 saturated carbocycles. The minimum Gasteiger partial charge on any atom is -0.444 e. The average Bonchev–Trinajstić information content (AvgIpc) is 3.22. The van der Waals surface area contributed by atoms with Gasteiger partial charge in [-0.25, -0.2) is 9.78 Å². The van der Waals surface area contributed by atoms with E-state index in [0.717, 1.165) is 30.7 Å². The van der Waals surface area contributed by atoms with E-state index in [9.17, 15) is 14.9 Å². The normalized spacial score (nSPS) is 11.4. The maximum absolute atomic E-state index is 11.6. The number of non-ortho nitro benzene ring substituents is 1. The van der Waals surface area contributed by atoms with Gasteiger partial charge in [-0.2, -0.15) is 5.10 Å². The van der Waals surface area contributed by atoms with Gasteiger partial charge in [0.1, 0.15) is 17.1 Å².